The van der Waals surface area contributed by atoms with Crippen LogP contribution in [0.15, 0.2) is 29.2 Å². The average Bonchev–Trinajstić information content (AvgIpc) is 2.36. The standard InChI is InChI=1S/C14H23NO2S/c1-4-8-15-13(10-17-3)11-18(16)14-7-5-6-12(2)9-14/h5-7,9,13,15H,4,8,10-11H2,1-3H3. The van der Waals surface area contributed by atoms with Crippen LogP contribution in [0, 0.1) is 6.92 Å². The van der Waals surface area contributed by atoms with Crippen LogP contribution in [0.25, 0.3) is 0 Å². The molecular formula is C14H23NO2S. The summed E-state index contributed by atoms with van der Waals surface area (Å²) < 4.78 is 17.4. The maximum absolute atomic E-state index is 12.3. The lowest BCUT2D eigenvalue weighted by Gasteiger charge is -2.17. The molecule has 1 rings (SSSR count). The molecule has 0 bridgehead atoms. The number of nitrogens with one attached hydrogen (secondary N) is 1. The Labute approximate surface area is 112 Å². The van der Waals surface area contributed by atoms with Gasteiger partial charge < -0.3 is 10.1 Å². The molecule has 0 spiro atoms. The molecule has 0 aromatic heterocycles. The van der Waals surface area contributed by atoms with Crippen molar-refractivity contribution in [2.24, 2.45) is 0 Å². The number of rotatable bonds is 8. The molecule has 0 aliphatic rings. The Morgan fingerprint density at radius 2 is 2.22 bits per heavy atom. The van der Waals surface area contributed by atoms with Crippen LogP contribution < -0.4 is 5.32 Å². The highest BCUT2D eigenvalue weighted by molar-refractivity contribution is 7.85. The first-order valence-electron chi connectivity index (χ1n) is 6.34. The van der Waals surface area contributed by atoms with Crippen LogP contribution in [0.1, 0.15) is 18.9 Å². The smallest absolute Gasteiger partial charge is 0.0624 e. The summed E-state index contributed by atoms with van der Waals surface area (Å²) in [6, 6.07) is 8.03. The zero-order valence-electron chi connectivity index (χ0n) is 11.4. The maximum atomic E-state index is 12.3. The van der Waals surface area contributed by atoms with Crippen molar-refractivity contribution in [3.63, 3.8) is 0 Å². The topological polar surface area (TPSA) is 38.3 Å². The number of methoxy groups -OCH3 is 1. The van der Waals surface area contributed by atoms with Crippen molar-refractivity contribution in [1.82, 2.24) is 5.32 Å². The van der Waals surface area contributed by atoms with Gasteiger partial charge in [0, 0.05) is 23.8 Å². The molecule has 1 N–H and O–H groups in total. The van der Waals surface area contributed by atoms with E-state index in [1.807, 2.05) is 31.2 Å². The van der Waals surface area contributed by atoms with E-state index in [1.54, 1.807) is 7.11 Å². The molecule has 0 heterocycles. The molecule has 18 heavy (non-hydrogen) atoms. The molecular weight excluding hydrogens is 246 g/mol. The molecule has 0 aliphatic carbocycles. The fourth-order valence-corrected chi connectivity index (χ4v) is 3.07. The summed E-state index contributed by atoms with van der Waals surface area (Å²) in [5.74, 6) is 0.595. The third-order valence-electron chi connectivity index (χ3n) is 2.66. The van der Waals surface area contributed by atoms with E-state index in [0.717, 1.165) is 23.4 Å². The Hall–Kier alpha value is -0.710. The van der Waals surface area contributed by atoms with Gasteiger partial charge in [-0.05, 0) is 37.6 Å². The zero-order chi connectivity index (χ0) is 13.4. The van der Waals surface area contributed by atoms with Gasteiger partial charge in [0.15, 0.2) is 0 Å². The van der Waals surface area contributed by atoms with Crippen molar-refractivity contribution in [1.29, 1.82) is 0 Å². The van der Waals surface area contributed by atoms with Crippen LogP contribution in [0.2, 0.25) is 0 Å². The molecule has 1 aromatic rings. The predicted molar refractivity (Wildman–Crippen MR) is 76.4 cm³/mol. The van der Waals surface area contributed by atoms with Gasteiger partial charge in [-0.3, -0.25) is 4.21 Å². The van der Waals surface area contributed by atoms with Crippen molar-refractivity contribution in [3.8, 4) is 0 Å². The van der Waals surface area contributed by atoms with E-state index in [1.165, 1.54) is 0 Å². The molecule has 1 aromatic carbocycles. The Morgan fingerprint density at radius 3 is 2.83 bits per heavy atom. The highest BCUT2D eigenvalue weighted by atomic mass is 32.2. The summed E-state index contributed by atoms with van der Waals surface area (Å²) in [6.45, 7) is 5.66. The second kappa shape index (κ2) is 8.40. The molecule has 0 amide bonds. The molecule has 0 saturated carbocycles. The minimum Gasteiger partial charge on any atom is -0.383 e. The minimum absolute atomic E-state index is 0.149. The van der Waals surface area contributed by atoms with Gasteiger partial charge in [-0.25, -0.2) is 0 Å². The first-order valence-corrected chi connectivity index (χ1v) is 7.66. The van der Waals surface area contributed by atoms with Gasteiger partial charge in [0.05, 0.1) is 17.4 Å². The van der Waals surface area contributed by atoms with Crippen LogP contribution in [0.3, 0.4) is 0 Å². The second-order valence-corrected chi connectivity index (χ2v) is 5.93. The second-order valence-electron chi connectivity index (χ2n) is 4.44. The summed E-state index contributed by atoms with van der Waals surface area (Å²) in [5, 5.41) is 3.37. The Morgan fingerprint density at radius 1 is 1.44 bits per heavy atom. The first kappa shape index (κ1) is 15.3. The molecule has 0 saturated heterocycles. The van der Waals surface area contributed by atoms with Crippen molar-refractivity contribution in [3.05, 3.63) is 29.8 Å². The van der Waals surface area contributed by atoms with Gasteiger partial charge in [0.1, 0.15) is 0 Å². The minimum atomic E-state index is -0.971. The van der Waals surface area contributed by atoms with Crippen LogP contribution in [0.4, 0.5) is 0 Å². The quantitative estimate of drug-likeness (QED) is 0.785. The Bertz CT molecular complexity index is 382. The van der Waals surface area contributed by atoms with Gasteiger partial charge in [0.25, 0.3) is 0 Å². The number of hydrogen-bond donors (Lipinski definition) is 1. The SMILES string of the molecule is CCCNC(COC)CS(=O)c1cccc(C)c1. The van der Waals surface area contributed by atoms with E-state index in [2.05, 4.69) is 12.2 Å². The summed E-state index contributed by atoms with van der Waals surface area (Å²) in [4.78, 5) is 0.898. The monoisotopic (exact) mass is 269 g/mol. The number of benzene rings is 1. The van der Waals surface area contributed by atoms with E-state index in [4.69, 9.17) is 4.74 Å². The lowest BCUT2D eigenvalue weighted by Crippen LogP contribution is -2.38. The molecule has 102 valence electrons. The van der Waals surface area contributed by atoms with Gasteiger partial charge in [0.2, 0.25) is 0 Å². The van der Waals surface area contributed by atoms with Gasteiger partial charge in [-0.15, -0.1) is 0 Å². The molecule has 0 fully saturated rings. The molecule has 4 heteroatoms. The van der Waals surface area contributed by atoms with Crippen LogP contribution in [0.5, 0.6) is 0 Å². The van der Waals surface area contributed by atoms with Crippen molar-refractivity contribution in [2.45, 2.75) is 31.2 Å². The summed E-state index contributed by atoms with van der Waals surface area (Å²) in [5.41, 5.74) is 1.14. The largest absolute Gasteiger partial charge is 0.383 e. The normalized spacial score (nSPS) is 14.4. The molecule has 2 unspecified atom stereocenters. The first-order chi connectivity index (χ1) is 8.67. The molecule has 3 nitrogen and oxygen atoms in total. The highest BCUT2D eigenvalue weighted by Gasteiger charge is 2.13. The number of aryl methyl sites for hydroxylation is 1. The third kappa shape index (κ3) is 5.29. The lowest BCUT2D eigenvalue weighted by molar-refractivity contribution is 0.173. The molecule has 2 atom stereocenters. The van der Waals surface area contributed by atoms with Crippen molar-refractivity contribution >= 4 is 10.8 Å². The fraction of sp³-hybridized carbons (Fsp3) is 0.571. The molecule has 0 aliphatic heterocycles. The Kier molecular flexibility index (Phi) is 7.16. The fourth-order valence-electron chi connectivity index (χ4n) is 1.75. The van der Waals surface area contributed by atoms with Crippen molar-refractivity contribution < 1.29 is 8.95 Å². The number of ether oxygens (including phenoxy) is 1. The van der Waals surface area contributed by atoms with E-state index in [-0.39, 0.29) is 6.04 Å². The lowest BCUT2D eigenvalue weighted by atomic mass is 10.2. The third-order valence-corrected chi connectivity index (χ3v) is 4.14. The van der Waals surface area contributed by atoms with E-state index in [9.17, 15) is 4.21 Å². The van der Waals surface area contributed by atoms with Crippen LogP contribution in [-0.2, 0) is 15.5 Å². The Balaban J connectivity index is 2.59. The zero-order valence-corrected chi connectivity index (χ0v) is 12.3. The highest BCUT2D eigenvalue weighted by Crippen LogP contribution is 2.10. The van der Waals surface area contributed by atoms with Crippen LogP contribution >= 0.6 is 0 Å². The van der Waals surface area contributed by atoms with Crippen LogP contribution in [-0.4, -0.2) is 36.3 Å². The summed E-state index contributed by atoms with van der Waals surface area (Å²) >= 11 is 0. The summed E-state index contributed by atoms with van der Waals surface area (Å²) in [7, 11) is 0.706. The summed E-state index contributed by atoms with van der Waals surface area (Å²) in [6.07, 6.45) is 1.07. The number of hydrogen-bond acceptors (Lipinski definition) is 3. The van der Waals surface area contributed by atoms with E-state index >= 15 is 0 Å². The predicted octanol–water partition coefficient (Wildman–Crippen LogP) is 2.12. The van der Waals surface area contributed by atoms with E-state index < -0.39 is 10.8 Å². The molecule has 0 radical (unpaired) electrons. The maximum Gasteiger partial charge on any atom is 0.0624 e. The average molecular weight is 269 g/mol. The van der Waals surface area contributed by atoms with Gasteiger partial charge >= 0.3 is 0 Å². The van der Waals surface area contributed by atoms with Gasteiger partial charge in [-0.1, -0.05) is 19.1 Å². The van der Waals surface area contributed by atoms with Gasteiger partial charge in [-0.2, -0.15) is 0 Å². The van der Waals surface area contributed by atoms with E-state index in [0.29, 0.717) is 12.4 Å². The van der Waals surface area contributed by atoms with Crippen molar-refractivity contribution in [2.75, 3.05) is 26.0 Å².